The molecule has 0 spiro atoms. The molecule has 0 radical (unpaired) electrons. The molecule has 0 aliphatic rings. The highest BCUT2D eigenvalue weighted by molar-refractivity contribution is 6.31. The summed E-state index contributed by atoms with van der Waals surface area (Å²) < 4.78 is 5.24. The Balaban J connectivity index is 2.00. The largest absolute Gasteiger partial charge is 0.469 e. The third-order valence-electron chi connectivity index (χ3n) is 3.40. The average molecular weight is 306 g/mol. The summed E-state index contributed by atoms with van der Waals surface area (Å²) in [6, 6.07) is 11.3. The van der Waals surface area contributed by atoms with E-state index in [0.29, 0.717) is 17.9 Å². The van der Waals surface area contributed by atoms with Crippen molar-refractivity contribution in [3.63, 3.8) is 0 Å². The van der Waals surface area contributed by atoms with Gasteiger partial charge in [0, 0.05) is 17.9 Å². The molecule has 1 aromatic heterocycles. The van der Waals surface area contributed by atoms with Crippen LogP contribution >= 0.6 is 11.6 Å². The van der Waals surface area contributed by atoms with Crippen LogP contribution in [0.15, 0.2) is 47.1 Å². The summed E-state index contributed by atoms with van der Waals surface area (Å²) in [5, 5.41) is 3.75. The molecular formula is C17H20ClNO2. The van der Waals surface area contributed by atoms with Gasteiger partial charge < -0.3 is 9.73 Å². The molecule has 3 nitrogen and oxygen atoms in total. The van der Waals surface area contributed by atoms with E-state index < -0.39 is 0 Å². The number of furan rings is 1. The molecule has 0 saturated carbocycles. The molecule has 2 rings (SSSR count). The van der Waals surface area contributed by atoms with Crippen molar-refractivity contribution in [1.29, 1.82) is 0 Å². The molecule has 1 unspecified atom stereocenters. The average Bonchev–Trinajstić information content (AvgIpc) is 2.96. The van der Waals surface area contributed by atoms with Gasteiger partial charge in [-0.15, -0.1) is 0 Å². The molecular weight excluding hydrogens is 286 g/mol. The van der Waals surface area contributed by atoms with Crippen molar-refractivity contribution < 1.29 is 9.21 Å². The van der Waals surface area contributed by atoms with E-state index >= 15 is 0 Å². The van der Waals surface area contributed by atoms with Crippen LogP contribution in [0.25, 0.3) is 0 Å². The van der Waals surface area contributed by atoms with Gasteiger partial charge in [0.15, 0.2) is 0 Å². The molecule has 2 aromatic rings. The lowest BCUT2D eigenvalue weighted by Crippen LogP contribution is -2.32. The summed E-state index contributed by atoms with van der Waals surface area (Å²) in [5.41, 5.74) is 0.959. The molecule has 1 heterocycles. The standard InChI is InChI=1S/C17H20ClNO2/c1-12(2)17(14-7-3-4-8-15(14)18)19-16(20)10-9-13-6-5-11-21-13/h3-8,11-12,17H,9-10H2,1-2H3,(H,19,20). The molecule has 0 bridgehead atoms. The van der Waals surface area contributed by atoms with E-state index in [2.05, 4.69) is 19.2 Å². The van der Waals surface area contributed by atoms with E-state index in [0.717, 1.165) is 11.3 Å². The number of hydrogen-bond donors (Lipinski definition) is 1. The zero-order valence-electron chi connectivity index (χ0n) is 12.3. The number of amides is 1. The highest BCUT2D eigenvalue weighted by Crippen LogP contribution is 2.28. The number of aryl methyl sites for hydroxylation is 1. The first-order valence-electron chi connectivity index (χ1n) is 7.14. The maximum Gasteiger partial charge on any atom is 0.220 e. The van der Waals surface area contributed by atoms with Crippen LogP contribution in [0.1, 0.15) is 37.6 Å². The molecule has 112 valence electrons. The van der Waals surface area contributed by atoms with Crippen molar-refractivity contribution in [3.8, 4) is 0 Å². The van der Waals surface area contributed by atoms with Gasteiger partial charge in [0.1, 0.15) is 5.76 Å². The summed E-state index contributed by atoms with van der Waals surface area (Å²) in [6.45, 7) is 4.14. The maximum atomic E-state index is 12.1. The fourth-order valence-corrected chi connectivity index (χ4v) is 2.52. The predicted octanol–water partition coefficient (Wildman–Crippen LogP) is 4.38. The van der Waals surface area contributed by atoms with E-state index in [-0.39, 0.29) is 17.9 Å². The van der Waals surface area contributed by atoms with Crippen LogP contribution in [0.3, 0.4) is 0 Å². The lowest BCUT2D eigenvalue weighted by Gasteiger charge is -2.24. The number of rotatable bonds is 6. The Bertz CT molecular complexity index is 578. The summed E-state index contributed by atoms with van der Waals surface area (Å²) >= 11 is 6.24. The van der Waals surface area contributed by atoms with Crippen LogP contribution in [0.4, 0.5) is 0 Å². The normalized spacial score (nSPS) is 12.4. The Labute approximate surface area is 130 Å². The fraction of sp³-hybridized carbons (Fsp3) is 0.353. The highest BCUT2D eigenvalue weighted by Gasteiger charge is 2.20. The van der Waals surface area contributed by atoms with Crippen LogP contribution < -0.4 is 5.32 Å². The number of carbonyl (C=O) groups is 1. The van der Waals surface area contributed by atoms with Crippen molar-refractivity contribution >= 4 is 17.5 Å². The zero-order valence-corrected chi connectivity index (χ0v) is 13.1. The first-order valence-corrected chi connectivity index (χ1v) is 7.52. The SMILES string of the molecule is CC(C)C(NC(=O)CCc1ccco1)c1ccccc1Cl. The molecule has 1 amide bonds. The van der Waals surface area contributed by atoms with Crippen LogP contribution in [0.2, 0.25) is 5.02 Å². The van der Waals surface area contributed by atoms with Gasteiger partial charge in [0.25, 0.3) is 0 Å². The summed E-state index contributed by atoms with van der Waals surface area (Å²) in [6.07, 6.45) is 2.63. The van der Waals surface area contributed by atoms with Gasteiger partial charge in [-0.25, -0.2) is 0 Å². The molecule has 1 aromatic carbocycles. The van der Waals surface area contributed by atoms with E-state index in [4.69, 9.17) is 16.0 Å². The van der Waals surface area contributed by atoms with E-state index in [1.807, 2.05) is 36.4 Å². The summed E-state index contributed by atoms with van der Waals surface area (Å²) in [4.78, 5) is 12.1. The second kappa shape index (κ2) is 7.32. The van der Waals surface area contributed by atoms with Gasteiger partial charge in [-0.2, -0.15) is 0 Å². The third kappa shape index (κ3) is 4.36. The zero-order chi connectivity index (χ0) is 15.2. The summed E-state index contributed by atoms with van der Waals surface area (Å²) in [7, 11) is 0. The molecule has 21 heavy (non-hydrogen) atoms. The van der Waals surface area contributed by atoms with Crippen molar-refractivity contribution in [1.82, 2.24) is 5.32 Å². The molecule has 4 heteroatoms. The van der Waals surface area contributed by atoms with Crippen LogP contribution in [0, 0.1) is 5.92 Å². The second-order valence-electron chi connectivity index (χ2n) is 5.39. The number of hydrogen-bond acceptors (Lipinski definition) is 2. The van der Waals surface area contributed by atoms with Crippen LogP contribution in [-0.4, -0.2) is 5.91 Å². The lowest BCUT2D eigenvalue weighted by atomic mass is 9.95. The lowest BCUT2D eigenvalue weighted by molar-refractivity contribution is -0.122. The van der Waals surface area contributed by atoms with Crippen molar-refractivity contribution in [3.05, 3.63) is 59.0 Å². The Morgan fingerprint density at radius 1 is 1.24 bits per heavy atom. The van der Waals surface area contributed by atoms with E-state index in [1.54, 1.807) is 6.26 Å². The quantitative estimate of drug-likeness (QED) is 0.860. The molecule has 0 saturated heterocycles. The molecule has 0 aliphatic carbocycles. The van der Waals surface area contributed by atoms with Crippen molar-refractivity contribution in [2.75, 3.05) is 0 Å². The van der Waals surface area contributed by atoms with Gasteiger partial charge in [0.2, 0.25) is 5.91 Å². The Kier molecular flexibility index (Phi) is 5.45. The molecule has 0 aliphatic heterocycles. The number of halogens is 1. The van der Waals surface area contributed by atoms with Gasteiger partial charge in [-0.3, -0.25) is 4.79 Å². The summed E-state index contributed by atoms with van der Waals surface area (Å²) in [5.74, 6) is 1.09. The second-order valence-corrected chi connectivity index (χ2v) is 5.80. The van der Waals surface area contributed by atoms with Crippen molar-refractivity contribution in [2.45, 2.75) is 32.7 Å². The van der Waals surface area contributed by atoms with Gasteiger partial charge in [0.05, 0.1) is 12.3 Å². The molecule has 1 N–H and O–H groups in total. The van der Waals surface area contributed by atoms with Crippen LogP contribution in [-0.2, 0) is 11.2 Å². The fourth-order valence-electron chi connectivity index (χ4n) is 2.27. The minimum Gasteiger partial charge on any atom is -0.469 e. The third-order valence-corrected chi connectivity index (χ3v) is 3.75. The first-order chi connectivity index (χ1) is 10.1. The Morgan fingerprint density at radius 3 is 2.62 bits per heavy atom. The van der Waals surface area contributed by atoms with Crippen LogP contribution in [0.5, 0.6) is 0 Å². The van der Waals surface area contributed by atoms with Gasteiger partial charge in [-0.1, -0.05) is 43.6 Å². The first kappa shape index (κ1) is 15.6. The smallest absolute Gasteiger partial charge is 0.220 e. The number of nitrogens with one attached hydrogen (secondary N) is 1. The topological polar surface area (TPSA) is 42.2 Å². The van der Waals surface area contributed by atoms with Gasteiger partial charge >= 0.3 is 0 Å². The number of benzene rings is 1. The minimum atomic E-state index is -0.0807. The predicted molar refractivity (Wildman–Crippen MR) is 84.2 cm³/mol. The van der Waals surface area contributed by atoms with E-state index in [1.165, 1.54) is 0 Å². The monoisotopic (exact) mass is 305 g/mol. The van der Waals surface area contributed by atoms with E-state index in [9.17, 15) is 4.79 Å². The Morgan fingerprint density at radius 2 is 2.00 bits per heavy atom. The minimum absolute atomic E-state index is 0.00465. The maximum absolute atomic E-state index is 12.1. The van der Waals surface area contributed by atoms with Gasteiger partial charge in [-0.05, 0) is 29.7 Å². The van der Waals surface area contributed by atoms with Crippen molar-refractivity contribution in [2.24, 2.45) is 5.92 Å². The number of carbonyl (C=O) groups excluding carboxylic acids is 1. The highest BCUT2D eigenvalue weighted by atomic mass is 35.5. The molecule has 0 fully saturated rings. The Hall–Kier alpha value is -1.74. The molecule has 1 atom stereocenters.